The zero-order valence-corrected chi connectivity index (χ0v) is 13.7. The van der Waals surface area contributed by atoms with Crippen LogP contribution in [0.2, 0.25) is 0 Å². The number of allylic oxidation sites excluding steroid dienone is 2. The van der Waals surface area contributed by atoms with E-state index in [1.165, 1.54) is 77.6 Å². The monoisotopic (exact) mass is 282 g/mol. The Bertz CT molecular complexity index is 234. The molecule has 118 valence electrons. The number of rotatable bonds is 14. The lowest BCUT2D eigenvalue weighted by Gasteiger charge is -2.03. The summed E-state index contributed by atoms with van der Waals surface area (Å²) >= 11 is 0. The van der Waals surface area contributed by atoms with Crippen LogP contribution in [0.5, 0.6) is 0 Å². The highest BCUT2D eigenvalue weighted by Gasteiger charge is 1.94. The van der Waals surface area contributed by atoms with Crippen LogP contribution in [-0.4, -0.2) is 12.6 Å². The highest BCUT2D eigenvalue weighted by Crippen LogP contribution is 2.11. The van der Waals surface area contributed by atoms with Gasteiger partial charge in [-0.25, -0.2) is 0 Å². The number of unbranched alkanes of at least 4 members (excludes halogenated alkanes) is 10. The van der Waals surface area contributed by atoms with Gasteiger partial charge in [-0.1, -0.05) is 70.4 Å². The van der Waals surface area contributed by atoms with Crippen LogP contribution < -0.4 is 0 Å². The van der Waals surface area contributed by atoms with E-state index in [-0.39, 0.29) is 5.97 Å². The Morgan fingerprint density at radius 1 is 0.800 bits per heavy atom. The predicted octanol–water partition coefficient (Wildman–Crippen LogP) is 5.81. The van der Waals surface area contributed by atoms with Gasteiger partial charge in [-0.05, 0) is 25.7 Å². The average Bonchev–Trinajstić information content (AvgIpc) is 2.43. The van der Waals surface area contributed by atoms with E-state index in [2.05, 4.69) is 19.1 Å². The van der Waals surface area contributed by atoms with Crippen molar-refractivity contribution in [2.24, 2.45) is 0 Å². The van der Waals surface area contributed by atoms with Gasteiger partial charge in [0.25, 0.3) is 0 Å². The minimum absolute atomic E-state index is 0.157. The van der Waals surface area contributed by atoms with Gasteiger partial charge >= 0.3 is 5.97 Å². The van der Waals surface area contributed by atoms with Gasteiger partial charge in [0.05, 0.1) is 6.61 Å². The van der Waals surface area contributed by atoms with E-state index in [4.69, 9.17) is 4.74 Å². The van der Waals surface area contributed by atoms with Gasteiger partial charge in [0.2, 0.25) is 0 Å². The maximum atomic E-state index is 10.6. The Kier molecular flexibility index (Phi) is 15.6. The summed E-state index contributed by atoms with van der Waals surface area (Å²) in [4.78, 5) is 10.6. The molecule has 0 amide bonds. The van der Waals surface area contributed by atoms with Crippen LogP contribution >= 0.6 is 0 Å². The molecule has 0 fully saturated rings. The van der Waals surface area contributed by atoms with E-state index in [9.17, 15) is 4.79 Å². The second-order valence-corrected chi connectivity index (χ2v) is 5.54. The van der Waals surface area contributed by atoms with E-state index in [0.717, 1.165) is 6.42 Å². The largest absolute Gasteiger partial charge is 0.466 e. The molecule has 0 saturated carbocycles. The van der Waals surface area contributed by atoms with Crippen LogP contribution in [0.25, 0.3) is 0 Å². The van der Waals surface area contributed by atoms with Gasteiger partial charge in [-0.3, -0.25) is 4.79 Å². The van der Waals surface area contributed by atoms with Crippen molar-refractivity contribution in [1.29, 1.82) is 0 Å². The molecule has 0 unspecified atom stereocenters. The molecule has 0 aromatic carbocycles. The first-order valence-electron chi connectivity index (χ1n) is 8.55. The number of hydrogen-bond acceptors (Lipinski definition) is 2. The third-order valence-electron chi connectivity index (χ3n) is 3.47. The number of carbonyl (C=O) groups is 1. The van der Waals surface area contributed by atoms with Crippen molar-refractivity contribution in [3.63, 3.8) is 0 Å². The summed E-state index contributed by atoms with van der Waals surface area (Å²) in [7, 11) is 0. The van der Waals surface area contributed by atoms with E-state index in [0.29, 0.717) is 6.61 Å². The minimum Gasteiger partial charge on any atom is -0.466 e. The fourth-order valence-electron chi connectivity index (χ4n) is 2.28. The number of carbonyl (C=O) groups excluding carboxylic acids is 1. The average molecular weight is 282 g/mol. The standard InChI is InChI=1S/C18H34O2/c1-3-4-5-6-7-8-9-10-11-12-13-14-15-16-17-20-18(2)19/h4-5H,3,6-17H2,1-2H3. The van der Waals surface area contributed by atoms with Gasteiger partial charge in [-0.2, -0.15) is 0 Å². The molecule has 0 bridgehead atoms. The summed E-state index contributed by atoms with van der Waals surface area (Å²) in [6, 6.07) is 0. The smallest absolute Gasteiger partial charge is 0.302 e. The van der Waals surface area contributed by atoms with Crippen molar-refractivity contribution < 1.29 is 9.53 Å². The third kappa shape index (κ3) is 17.2. The van der Waals surface area contributed by atoms with Crippen LogP contribution in [0.15, 0.2) is 12.2 Å². The van der Waals surface area contributed by atoms with Crippen LogP contribution in [0.4, 0.5) is 0 Å². The Balaban J connectivity index is 2.99. The van der Waals surface area contributed by atoms with E-state index in [1.807, 2.05) is 0 Å². The second-order valence-electron chi connectivity index (χ2n) is 5.54. The summed E-state index contributed by atoms with van der Waals surface area (Å²) in [5, 5.41) is 0. The molecule has 0 aliphatic heterocycles. The topological polar surface area (TPSA) is 26.3 Å². The molecule has 0 saturated heterocycles. The van der Waals surface area contributed by atoms with Crippen molar-refractivity contribution in [2.45, 2.75) is 90.9 Å². The van der Waals surface area contributed by atoms with Crippen molar-refractivity contribution in [2.75, 3.05) is 6.61 Å². The van der Waals surface area contributed by atoms with Crippen molar-refractivity contribution in [3.8, 4) is 0 Å². The highest BCUT2D eigenvalue weighted by atomic mass is 16.5. The second kappa shape index (κ2) is 16.3. The van der Waals surface area contributed by atoms with Gasteiger partial charge in [0.1, 0.15) is 0 Å². The number of esters is 1. The molecule has 0 aromatic heterocycles. The minimum atomic E-state index is -0.157. The van der Waals surface area contributed by atoms with Gasteiger partial charge in [-0.15, -0.1) is 0 Å². The Labute approximate surface area is 126 Å². The lowest BCUT2D eigenvalue weighted by molar-refractivity contribution is -0.141. The van der Waals surface area contributed by atoms with E-state index < -0.39 is 0 Å². The molecule has 2 heteroatoms. The third-order valence-corrected chi connectivity index (χ3v) is 3.47. The van der Waals surface area contributed by atoms with Gasteiger partial charge in [0.15, 0.2) is 0 Å². The summed E-state index contributed by atoms with van der Waals surface area (Å²) in [6.07, 6.45) is 20.1. The molecule has 0 N–H and O–H groups in total. The van der Waals surface area contributed by atoms with Crippen LogP contribution in [0.1, 0.15) is 90.9 Å². The maximum absolute atomic E-state index is 10.6. The molecular formula is C18H34O2. The Hall–Kier alpha value is -0.790. The van der Waals surface area contributed by atoms with Crippen molar-refractivity contribution >= 4 is 5.97 Å². The molecule has 0 rings (SSSR count). The molecular weight excluding hydrogens is 248 g/mol. The number of ether oxygens (including phenoxy) is 1. The lowest BCUT2D eigenvalue weighted by atomic mass is 10.1. The van der Waals surface area contributed by atoms with Crippen LogP contribution in [-0.2, 0) is 9.53 Å². The summed E-state index contributed by atoms with van der Waals surface area (Å²) in [5.74, 6) is -0.157. The zero-order chi connectivity index (χ0) is 14.9. The molecule has 0 aliphatic rings. The summed E-state index contributed by atoms with van der Waals surface area (Å²) < 4.78 is 4.91. The normalized spacial score (nSPS) is 11.1. The molecule has 0 heterocycles. The molecule has 0 aromatic rings. The van der Waals surface area contributed by atoms with Crippen molar-refractivity contribution in [3.05, 3.63) is 12.2 Å². The first-order chi connectivity index (χ1) is 9.77. The fourth-order valence-corrected chi connectivity index (χ4v) is 2.28. The Morgan fingerprint density at radius 2 is 1.30 bits per heavy atom. The molecule has 0 aliphatic carbocycles. The summed E-state index contributed by atoms with van der Waals surface area (Å²) in [5.41, 5.74) is 0. The van der Waals surface area contributed by atoms with Gasteiger partial charge in [0, 0.05) is 6.92 Å². The molecule has 0 radical (unpaired) electrons. The first kappa shape index (κ1) is 19.2. The lowest BCUT2D eigenvalue weighted by Crippen LogP contribution is -2.00. The predicted molar refractivity (Wildman–Crippen MR) is 86.9 cm³/mol. The zero-order valence-electron chi connectivity index (χ0n) is 13.7. The SMILES string of the molecule is CCC=CCCCCCCCCCCCCOC(C)=O. The summed E-state index contributed by atoms with van der Waals surface area (Å²) in [6.45, 7) is 4.26. The molecule has 0 spiro atoms. The quantitative estimate of drug-likeness (QED) is 0.228. The van der Waals surface area contributed by atoms with E-state index in [1.54, 1.807) is 0 Å². The number of hydrogen-bond donors (Lipinski definition) is 0. The molecule has 20 heavy (non-hydrogen) atoms. The Morgan fingerprint density at radius 3 is 1.80 bits per heavy atom. The maximum Gasteiger partial charge on any atom is 0.302 e. The van der Waals surface area contributed by atoms with Crippen LogP contribution in [0.3, 0.4) is 0 Å². The molecule has 0 atom stereocenters. The van der Waals surface area contributed by atoms with E-state index >= 15 is 0 Å². The first-order valence-corrected chi connectivity index (χ1v) is 8.55. The molecule has 2 nitrogen and oxygen atoms in total. The van der Waals surface area contributed by atoms with Crippen molar-refractivity contribution in [1.82, 2.24) is 0 Å². The van der Waals surface area contributed by atoms with Gasteiger partial charge < -0.3 is 4.74 Å². The fraction of sp³-hybridized carbons (Fsp3) is 0.833. The van der Waals surface area contributed by atoms with Crippen LogP contribution in [0, 0.1) is 0 Å². The highest BCUT2D eigenvalue weighted by molar-refractivity contribution is 5.65.